The molecule has 0 saturated carbocycles. The molecule has 5 heteroatoms. The zero-order valence-corrected chi connectivity index (χ0v) is 12.5. The molecule has 0 radical (unpaired) electrons. The van der Waals surface area contributed by atoms with Crippen LogP contribution in [-0.4, -0.2) is 28.8 Å². The van der Waals surface area contributed by atoms with Crippen LogP contribution in [0.25, 0.3) is 0 Å². The van der Waals surface area contributed by atoms with Gasteiger partial charge in [-0.25, -0.2) is 0 Å². The van der Waals surface area contributed by atoms with Crippen molar-refractivity contribution in [3.8, 4) is 0 Å². The summed E-state index contributed by atoms with van der Waals surface area (Å²) in [6.45, 7) is 10.4. The first-order valence-electron chi connectivity index (χ1n) is 6.92. The summed E-state index contributed by atoms with van der Waals surface area (Å²) < 4.78 is 1.84. The molecule has 108 valence electrons. The average Bonchev–Trinajstić information content (AvgIpc) is 2.75. The first-order chi connectivity index (χ1) is 8.91. The fourth-order valence-corrected chi connectivity index (χ4v) is 1.68. The normalized spacial score (nSPS) is 11.6. The Labute approximate surface area is 115 Å². The number of nitrogens with one attached hydrogen (secondary N) is 1. The maximum Gasteiger partial charge on any atom is 0.254 e. The molecule has 0 spiro atoms. The van der Waals surface area contributed by atoms with Crippen LogP contribution in [0.1, 0.15) is 49.7 Å². The van der Waals surface area contributed by atoms with Crippen LogP contribution >= 0.6 is 0 Å². The van der Waals surface area contributed by atoms with E-state index in [1.54, 1.807) is 6.20 Å². The molecule has 1 aromatic rings. The van der Waals surface area contributed by atoms with E-state index < -0.39 is 0 Å². The van der Waals surface area contributed by atoms with Crippen molar-refractivity contribution < 1.29 is 4.79 Å². The molecular formula is C14H26N4O. The number of aryl methyl sites for hydroxylation is 1. The SMILES string of the molecule is CCC(C)(C)CNC(=O)c1cnn(CCCN)c1C. The molecule has 1 rings (SSSR count). The second-order valence-electron chi connectivity index (χ2n) is 5.71. The lowest BCUT2D eigenvalue weighted by molar-refractivity contribution is 0.0935. The summed E-state index contributed by atoms with van der Waals surface area (Å²) in [6, 6.07) is 0. The van der Waals surface area contributed by atoms with Crippen molar-refractivity contribution in [2.75, 3.05) is 13.1 Å². The molecule has 0 unspecified atom stereocenters. The lowest BCUT2D eigenvalue weighted by atomic mass is 9.90. The van der Waals surface area contributed by atoms with Crippen LogP contribution in [0, 0.1) is 12.3 Å². The zero-order valence-electron chi connectivity index (χ0n) is 12.5. The molecule has 0 aromatic carbocycles. The van der Waals surface area contributed by atoms with Gasteiger partial charge in [0.15, 0.2) is 0 Å². The van der Waals surface area contributed by atoms with Gasteiger partial charge in [-0.15, -0.1) is 0 Å². The monoisotopic (exact) mass is 266 g/mol. The van der Waals surface area contributed by atoms with Gasteiger partial charge in [0.2, 0.25) is 0 Å². The molecule has 3 N–H and O–H groups in total. The van der Waals surface area contributed by atoms with E-state index in [2.05, 4.69) is 31.2 Å². The van der Waals surface area contributed by atoms with E-state index in [9.17, 15) is 4.79 Å². The number of hydrogen-bond donors (Lipinski definition) is 2. The number of carbonyl (C=O) groups excluding carboxylic acids is 1. The summed E-state index contributed by atoms with van der Waals surface area (Å²) in [6.07, 6.45) is 3.54. The quantitative estimate of drug-likeness (QED) is 0.789. The van der Waals surface area contributed by atoms with Gasteiger partial charge < -0.3 is 11.1 Å². The second kappa shape index (κ2) is 6.70. The minimum absolute atomic E-state index is 0.0435. The standard InChI is InChI=1S/C14H26N4O/c1-5-14(3,4)10-16-13(19)12-9-17-18(11(12)2)8-6-7-15/h9H,5-8,10,15H2,1-4H3,(H,16,19). The number of rotatable bonds is 7. The molecule has 0 aliphatic heterocycles. The summed E-state index contributed by atoms with van der Waals surface area (Å²) in [5, 5.41) is 7.22. The number of hydrogen-bond acceptors (Lipinski definition) is 3. The van der Waals surface area contributed by atoms with Crippen molar-refractivity contribution in [3.05, 3.63) is 17.5 Å². The predicted molar refractivity (Wildman–Crippen MR) is 77.0 cm³/mol. The van der Waals surface area contributed by atoms with Gasteiger partial charge >= 0.3 is 0 Å². The molecule has 1 aromatic heterocycles. The van der Waals surface area contributed by atoms with E-state index >= 15 is 0 Å². The van der Waals surface area contributed by atoms with E-state index in [4.69, 9.17) is 5.73 Å². The maximum absolute atomic E-state index is 12.1. The number of amides is 1. The smallest absolute Gasteiger partial charge is 0.254 e. The first-order valence-corrected chi connectivity index (χ1v) is 6.92. The molecule has 0 fully saturated rings. The molecule has 5 nitrogen and oxygen atoms in total. The number of nitrogens with zero attached hydrogens (tertiary/aromatic N) is 2. The molecule has 0 saturated heterocycles. The third-order valence-electron chi connectivity index (χ3n) is 3.61. The highest BCUT2D eigenvalue weighted by atomic mass is 16.1. The van der Waals surface area contributed by atoms with Gasteiger partial charge in [0.05, 0.1) is 11.8 Å². The molecular weight excluding hydrogens is 240 g/mol. The van der Waals surface area contributed by atoms with Crippen LogP contribution in [0.2, 0.25) is 0 Å². The Morgan fingerprint density at radius 2 is 2.21 bits per heavy atom. The molecule has 0 atom stereocenters. The fourth-order valence-electron chi connectivity index (χ4n) is 1.68. The summed E-state index contributed by atoms with van der Waals surface area (Å²) in [7, 11) is 0. The van der Waals surface area contributed by atoms with Crippen LogP contribution in [-0.2, 0) is 6.54 Å². The Morgan fingerprint density at radius 3 is 2.79 bits per heavy atom. The molecule has 0 aliphatic rings. The minimum atomic E-state index is -0.0435. The highest BCUT2D eigenvalue weighted by molar-refractivity contribution is 5.95. The van der Waals surface area contributed by atoms with Crippen molar-refractivity contribution in [1.29, 1.82) is 0 Å². The summed E-state index contributed by atoms with van der Waals surface area (Å²) in [5.74, 6) is -0.0435. The van der Waals surface area contributed by atoms with Crippen LogP contribution < -0.4 is 11.1 Å². The summed E-state index contributed by atoms with van der Waals surface area (Å²) >= 11 is 0. The van der Waals surface area contributed by atoms with Crippen molar-refractivity contribution in [2.24, 2.45) is 11.1 Å². The number of carbonyl (C=O) groups is 1. The van der Waals surface area contributed by atoms with Crippen molar-refractivity contribution in [3.63, 3.8) is 0 Å². The molecule has 1 amide bonds. The summed E-state index contributed by atoms with van der Waals surface area (Å²) in [4.78, 5) is 12.1. The maximum atomic E-state index is 12.1. The lowest BCUT2D eigenvalue weighted by Crippen LogP contribution is -2.33. The van der Waals surface area contributed by atoms with Crippen molar-refractivity contribution in [2.45, 2.75) is 47.1 Å². The third-order valence-corrected chi connectivity index (χ3v) is 3.61. The van der Waals surface area contributed by atoms with Crippen LogP contribution in [0.3, 0.4) is 0 Å². The Morgan fingerprint density at radius 1 is 1.53 bits per heavy atom. The van der Waals surface area contributed by atoms with E-state index in [0.717, 1.165) is 25.1 Å². The Kier molecular flexibility index (Phi) is 5.54. The average molecular weight is 266 g/mol. The predicted octanol–water partition coefficient (Wildman–Crippen LogP) is 1.71. The highest BCUT2D eigenvalue weighted by Crippen LogP contribution is 2.18. The van der Waals surface area contributed by atoms with Gasteiger partial charge in [-0.3, -0.25) is 9.48 Å². The van der Waals surface area contributed by atoms with Crippen LogP contribution in [0.15, 0.2) is 6.20 Å². The van der Waals surface area contributed by atoms with E-state index in [-0.39, 0.29) is 11.3 Å². The molecule has 19 heavy (non-hydrogen) atoms. The Balaban J connectivity index is 2.65. The van der Waals surface area contributed by atoms with Crippen molar-refractivity contribution in [1.82, 2.24) is 15.1 Å². The second-order valence-corrected chi connectivity index (χ2v) is 5.71. The number of nitrogens with two attached hydrogens (primary N) is 1. The van der Waals surface area contributed by atoms with Gasteiger partial charge in [-0.05, 0) is 31.7 Å². The topological polar surface area (TPSA) is 72.9 Å². The van der Waals surface area contributed by atoms with E-state index in [0.29, 0.717) is 18.7 Å². The summed E-state index contributed by atoms with van der Waals surface area (Å²) in [5.41, 5.74) is 7.17. The van der Waals surface area contributed by atoms with Gasteiger partial charge in [0.25, 0.3) is 5.91 Å². The first kappa shape index (κ1) is 15.7. The van der Waals surface area contributed by atoms with E-state index in [1.807, 2.05) is 11.6 Å². The van der Waals surface area contributed by atoms with E-state index in [1.165, 1.54) is 0 Å². The van der Waals surface area contributed by atoms with Crippen LogP contribution in [0.4, 0.5) is 0 Å². The molecule has 0 bridgehead atoms. The minimum Gasteiger partial charge on any atom is -0.351 e. The largest absolute Gasteiger partial charge is 0.351 e. The molecule has 0 aliphatic carbocycles. The highest BCUT2D eigenvalue weighted by Gasteiger charge is 2.19. The van der Waals surface area contributed by atoms with Gasteiger partial charge in [0, 0.05) is 18.8 Å². The fraction of sp³-hybridized carbons (Fsp3) is 0.714. The number of aromatic nitrogens is 2. The third kappa shape index (κ3) is 4.35. The van der Waals surface area contributed by atoms with Gasteiger partial charge in [0.1, 0.15) is 0 Å². The zero-order chi connectivity index (χ0) is 14.5. The van der Waals surface area contributed by atoms with Crippen LogP contribution in [0.5, 0.6) is 0 Å². The molecule has 1 heterocycles. The van der Waals surface area contributed by atoms with Gasteiger partial charge in [-0.1, -0.05) is 20.8 Å². The Bertz CT molecular complexity index is 423. The van der Waals surface area contributed by atoms with Gasteiger partial charge in [-0.2, -0.15) is 5.10 Å². The lowest BCUT2D eigenvalue weighted by Gasteiger charge is -2.22. The van der Waals surface area contributed by atoms with Crippen molar-refractivity contribution >= 4 is 5.91 Å². The Hall–Kier alpha value is -1.36.